The van der Waals surface area contributed by atoms with Crippen molar-refractivity contribution in [3.8, 4) is 5.75 Å². The van der Waals surface area contributed by atoms with Gasteiger partial charge in [0.25, 0.3) is 5.69 Å². The summed E-state index contributed by atoms with van der Waals surface area (Å²) >= 11 is 0. The van der Waals surface area contributed by atoms with Crippen LogP contribution < -0.4 is 10.1 Å². The van der Waals surface area contributed by atoms with E-state index in [0.717, 1.165) is 0 Å². The molecule has 1 amide bonds. The number of nitro groups is 1. The van der Waals surface area contributed by atoms with Crippen LogP contribution in [0.1, 0.15) is 0 Å². The summed E-state index contributed by atoms with van der Waals surface area (Å²) in [5, 5.41) is 13.2. The van der Waals surface area contributed by atoms with E-state index in [9.17, 15) is 14.9 Å². The Morgan fingerprint density at radius 1 is 1.50 bits per heavy atom. The Balaban J connectivity index is 2.94. The van der Waals surface area contributed by atoms with Crippen molar-refractivity contribution in [2.45, 2.75) is 0 Å². The number of methoxy groups -OCH3 is 1. The van der Waals surface area contributed by atoms with Crippen LogP contribution in [-0.2, 0) is 4.79 Å². The number of hydrogen-bond acceptors (Lipinski definition) is 5. The van der Waals surface area contributed by atoms with Gasteiger partial charge in [-0.3, -0.25) is 14.9 Å². The standard InChI is InChI=1S/C11H15N3O4/c1-13(2)7-11(15)12-9-6-8(14(16)17)4-5-10(9)18-3/h4-6H,7H2,1-3H3,(H,12,15). The van der Waals surface area contributed by atoms with Crippen molar-refractivity contribution in [1.29, 1.82) is 0 Å². The summed E-state index contributed by atoms with van der Waals surface area (Å²) in [6, 6.07) is 4.04. The lowest BCUT2D eigenvalue weighted by Gasteiger charge is -2.12. The molecule has 0 aliphatic heterocycles. The largest absolute Gasteiger partial charge is 0.495 e. The Morgan fingerprint density at radius 3 is 2.67 bits per heavy atom. The van der Waals surface area contributed by atoms with Crippen molar-refractivity contribution in [1.82, 2.24) is 4.90 Å². The Hall–Kier alpha value is -2.15. The third-order valence-electron chi connectivity index (χ3n) is 2.13. The van der Waals surface area contributed by atoms with E-state index in [1.54, 1.807) is 19.0 Å². The third kappa shape index (κ3) is 3.70. The van der Waals surface area contributed by atoms with Crippen LogP contribution in [0.2, 0.25) is 0 Å². The summed E-state index contributed by atoms with van der Waals surface area (Å²) in [6.45, 7) is 0.186. The number of non-ortho nitro benzene ring substituents is 1. The number of carbonyl (C=O) groups excluding carboxylic acids is 1. The summed E-state index contributed by atoms with van der Waals surface area (Å²) in [4.78, 5) is 23.4. The molecular formula is C11H15N3O4. The highest BCUT2D eigenvalue weighted by molar-refractivity contribution is 5.94. The van der Waals surface area contributed by atoms with Gasteiger partial charge in [-0.1, -0.05) is 0 Å². The molecule has 0 saturated carbocycles. The fourth-order valence-electron chi connectivity index (χ4n) is 1.38. The van der Waals surface area contributed by atoms with Crippen molar-refractivity contribution < 1.29 is 14.5 Å². The van der Waals surface area contributed by atoms with E-state index in [-0.39, 0.29) is 18.1 Å². The number of carbonyl (C=O) groups is 1. The molecule has 7 heteroatoms. The molecule has 1 aromatic rings. The van der Waals surface area contributed by atoms with Crippen LogP contribution in [0.3, 0.4) is 0 Å². The lowest BCUT2D eigenvalue weighted by atomic mass is 10.2. The quantitative estimate of drug-likeness (QED) is 0.627. The topological polar surface area (TPSA) is 84.7 Å². The first-order chi connectivity index (χ1) is 8.43. The fourth-order valence-corrected chi connectivity index (χ4v) is 1.38. The number of amides is 1. The highest BCUT2D eigenvalue weighted by atomic mass is 16.6. The van der Waals surface area contributed by atoms with Crippen LogP contribution in [0.25, 0.3) is 0 Å². The average Bonchev–Trinajstić information content (AvgIpc) is 2.27. The maximum atomic E-state index is 11.6. The average molecular weight is 253 g/mol. The van der Waals surface area contributed by atoms with Crippen molar-refractivity contribution in [2.24, 2.45) is 0 Å². The first-order valence-corrected chi connectivity index (χ1v) is 5.21. The first kappa shape index (κ1) is 13.9. The summed E-state index contributed by atoms with van der Waals surface area (Å²) in [6.07, 6.45) is 0. The monoisotopic (exact) mass is 253 g/mol. The number of ether oxygens (including phenoxy) is 1. The summed E-state index contributed by atoms with van der Waals surface area (Å²) in [7, 11) is 4.94. The van der Waals surface area contributed by atoms with Crippen molar-refractivity contribution in [3.63, 3.8) is 0 Å². The Bertz CT molecular complexity index is 460. The molecule has 0 spiro atoms. The van der Waals surface area contributed by atoms with Crippen molar-refractivity contribution in [3.05, 3.63) is 28.3 Å². The van der Waals surface area contributed by atoms with Gasteiger partial charge in [0, 0.05) is 12.1 Å². The normalized spacial score (nSPS) is 10.2. The van der Waals surface area contributed by atoms with Gasteiger partial charge < -0.3 is 15.0 Å². The van der Waals surface area contributed by atoms with Crippen LogP contribution in [0.5, 0.6) is 5.75 Å². The van der Waals surface area contributed by atoms with Crippen LogP contribution in [-0.4, -0.2) is 43.5 Å². The molecule has 0 saturated heterocycles. The van der Waals surface area contributed by atoms with Gasteiger partial charge in [0.05, 0.1) is 24.3 Å². The van der Waals surface area contributed by atoms with Crippen molar-refractivity contribution in [2.75, 3.05) is 33.1 Å². The lowest BCUT2D eigenvalue weighted by Crippen LogP contribution is -2.27. The van der Waals surface area contributed by atoms with E-state index in [0.29, 0.717) is 11.4 Å². The minimum absolute atomic E-state index is 0.101. The Morgan fingerprint density at radius 2 is 2.17 bits per heavy atom. The van der Waals surface area contributed by atoms with Gasteiger partial charge in [-0.15, -0.1) is 0 Å². The second-order valence-electron chi connectivity index (χ2n) is 3.93. The number of likely N-dealkylation sites (N-methyl/N-ethyl adjacent to an activating group) is 1. The number of hydrogen-bond donors (Lipinski definition) is 1. The minimum atomic E-state index is -0.527. The highest BCUT2D eigenvalue weighted by Gasteiger charge is 2.13. The minimum Gasteiger partial charge on any atom is -0.495 e. The molecule has 0 heterocycles. The summed E-state index contributed by atoms with van der Waals surface area (Å²) in [5.74, 6) is 0.117. The number of nitrogens with zero attached hydrogens (tertiary/aromatic N) is 2. The molecule has 0 aliphatic carbocycles. The molecule has 0 aromatic heterocycles. The predicted molar refractivity (Wildman–Crippen MR) is 66.8 cm³/mol. The maximum absolute atomic E-state index is 11.6. The molecule has 0 aliphatic rings. The van der Waals surface area contributed by atoms with Gasteiger partial charge in [0.2, 0.25) is 5.91 Å². The van der Waals surface area contributed by atoms with Crippen LogP contribution >= 0.6 is 0 Å². The zero-order valence-electron chi connectivity index (χ0n) is 10.5. The van der Waals surface area contributed by atoms with E-state index in [1.807, 2.05) is 0 Å². The smallest absolute Gasteiger partial charge is 0.271 e. The van der Waals surface area contributed by atoms with Gasteiger partial charge in [0.1, 0.15) is 5.75 Å². The molecule has 98 valence electrons. The molecule has 1 aromatic carbocycles. The molecule has 1 N–H and O–H groups in total. The Kier molecular flexibility index (Phi) is 4.61. The number of anilines is 1. The number of benzene rings is 1. The van der Waals surface area contributed by atoms with Gasteiger partial charge >= 0.3 is 0 Å². The fraction of sp³-hybridized carbons (Fsp3) is 0.364. The van der Waals surface area contributed by atoms with E-state index in [2.05, 4.69) is 5.32 Å². The molecule has 1 rings (SSSR count). The molecule has 18 heavy (non-hydrogen) atoms. The molecule has 0 bridgehead atoms. The number of nitro benzene ring substituents is 1. The second-order valence-corrected chi connectivity index (χ2v) is 3.93. The molecular weight excluding hydrogens is 238 g/mol. The van der Waals surface area contributed by atoms with Gasteiger partial charge in [-0.25, -0.2) is 0 Å². The van der Waals surface area contributed by atoms with E-state index in [4.69, 9.17) is 4.74 Å². The number of rotatable bonds is 5. The van der Waals surface area contributed by atoms with Gasteiger partial charge in [0.15, 0.2) is 0 Å². The zero-order valence-corrected chi connectivity index (χ0v) is 10.5. The SMILES string of the molecule is COc1ccc([N+](=O)[O-])cc1NC(=O)CN(C)C. The molecule has 7 nitrogen and oxygen atoms in total. The zero-order chi connectivity index (χ0) is 13.7. The molecule has 0 radical (unpaired) electrons. The predicted octanol–water partition coefficient (Wildman–Crippen LogP) is 1.10. The van der Waals surface area contributed by atoms with Crippen LogP contribution in [0, 0.1) is 10.1 Å². The molecule has 0 atom stereocenters. The van der Waals surface area contributed by atoms with E-state index < -0.39 is 4.92 Å². The van der Waals surface area contributed by atoms with E-state index in [1.165, 1.54) is 25.3 Å². The van der Waals surface area contributed by atoms with Crippen LogP contribution in [0.15, 0.2) is 18.2 Å². The van der Waals surface area contributed by atoms with Gasteiger partial charge in [-0.2, -0.15) is 0 Å². The Labute approximate surface area is 104 Å². The van der Waals surface area contributed by atoms with Gasteiger partial charge in [-0.05, 0) is 20.2 Å². The second kappa shape index (κ2) is 5.97. The lowest BCUT2D eigenvalue weighted by molar-refractivity contribution is -0.384. The number of nitrogens with one attached hydrogen (secondary N) is 1. The van der Waals surface area contributed by atoms with E-state index >= 15 is 0 Å². The third-order valence-corrected chi connectivity index (χ3v) is 2.13. The van der Waals surface area contributed by atoms with Crippen LogP contribution in [0.4, 0.5) is 11.4 Å². The summed E-state index contributed by atoms with van der Waals surface area (Å²) in [5.41, 5.74) is 0.189. The first-order valence-electron chi connectivity index (χ1n) is 5.21. The van der Waals surface area contributed by atoms with Crippen molar-refractivity contribution >= 4 is 17.3 Å². The summed E-state index contributed by atoms with van der Waals surface area (Å²) < 4.78 is 5.04. The molecule has 0 unspecified atom stereocenters. The molecule has 0 fully saturated rings. The maximum Gasteiger partial charge on any atom is 0.271 e. The highest BCUT2D eigenvalue weighted by Crippen LogP contribution is 2.28.